The summed E-state index contributed by atoms with van der Waals surface area (Å²) in [6, 6.07) is 0. The molecule has 0 amide bonds. The van der Waals surface area contributed by atoms with Crippen molar-refractivity contribution in [1.82, 2.24) is 0 Å². The number of hydrogen-bond acceptors (Lipinski definition) is 3. The van der Waals surface area contributed by atoms with Gasteiger partial charge in [0.15, 0.2) is 5.78 Å². The summed E-state index contributed by atoms with van der Waals surface area (Å²) >= 11 is 0. The highest BCUT2D eigenvalue weighted by atomic mass is 16.6. The monoisotopic (exact) mass is 246 g/mol. The van der Waals surface area contributed by atoms with Crippen molar-refractivity contribution in [1.29, 1.82) is 0 Å². The maximum atomic E-state index is 12.4. The Morgan fingerprint density at radius 3 is 2.78 bits per heavy atom. The SMILES string of the molecule is C/C1=C/CCC2C(=O)OC3C2C(=CC3(C)C)C1=O. The molecule has 1 saturated heterocycles. The number of ketones is 1. The van der Waals surface area contributed by atoms with Gasteiger partial charge in [-0.05, 0) is 25.3 Å². The molecular formula is C15H18O3. The number of esters is 1. The lowest BCUT2D eigenvalue weighted by Gasteiger charge is -2.25. The van der Waals surface area contributed by atoms with Crippen molar-refractivity contribution in [3.63, 3.8) is 0 Å². The number of Topliss-reactive ketones (excluding diaryl/α,β-unsaturated/α-hetero) is 1. The van der Waals surface area contributed by atoms with Crippen LogP contribution in [0.4, 0.5) is 0 Å². The van der Waals surface area contributed by atoms with Gasteiger partial charge in [-0.2, -0.15) is 0 Å². The van der Waals surface area contributed by atoms with Crippen LogP contribution < -0.4 is 0 Å². The number of carbonyl (C=O) groups is 2. The van der Waals surface area contributed by atoms with E-state index in [2.05, 4.69) is 0 Å². The third kappa shape index (κ3) is 1.43. The highest BCUT2D eigenvalue weighted by Crippen LogP contribution is 2.52. The number of allylic oxidation sites excluding steroid dienone is 2. The number of rotatable bonds is 0. The summed E-state index contributed by atoms with van der Waals surface area (Å²) in [6.45, 7) is 5.94. The fourth-order valence-electron chi connectivity index (χ4n) is 3.53. The minimum Gasteiger partial charge on any atom is -0.461 e. The zero-order valence-corrected chi connectivity index (χ0v) is 11.0. The summed E-state index contributed by atoms with van der Waals surface area (Å²) in [6.07, 6.45) is 5.39. The Kier molecular flexibility index (Phi) is 2.31. The van der Waals surface area contributed by atoms with Crippen molar-refractivity contribution < 1.29 is 14.3 Å². The van der Waals surface area contributed by atoms with Crippen LogP contribution in [0.5, 0.6) is 0 Å². The third-order valence-electron chi connectivity index (χ3n) is 4.47. The van der Waals surface area contributed by atoms with Gasteiger partial charge in [-0.1, -0.05) is 26.0 Å². The molecule has 0 bridgehead atoms. The van der Waals surface area contributed by atoms with Crippen molar-refractivity contribution in [3.05, 3.63) is 23.3 Å². The second-order valence-corrected chi connectivity index (χ2v) is 6.20. The van der Waals surface area contributed by atoms with Crippen LogP contribution in [-0.2, 0) is 14.3 Å². The second kappa shape index (κ2) is 3.56. The van der Waals surface area contributed by atoms with E-state index in [0.29, 0.717) is 0 Å². The van der Waals surface area contributed by atoms with Crippen LogP contribution in [0.15, 0.2) is 23.3 Å². The summed E-state index contributed by atoms with van der Waals surface area (Å²) in [7, 11) is 0. The molecule has 0 radical (unpaired) electrons. The van der Waals surface area contributed by atoms with E-state index in [1.807, 2.05) is 32.9 Å². The summed E-state index contributed by atoms with van der Waals surface area (Å²) in [4.78, 5) is 24.3. The molecule has 3 atom stereocenters. The molecule has 0 aromatic carbocycles. The lowest BCUT2D eigenvalue weighted by atomic mass is 9.77. The zero-order valence-electron chi connectivity index (χ0n) is 11.0. The molecule has 0 N–H and O–H groups in total. The minimum absolute atomic E-state index is 0.0244. The Labute approximate surface area is 107 Å². The Bertz CT molecular complexity index is 496. The molecule has 0 aromatic rings. The minimum atomic E-state index is -0.231. The Hall–Kier alpha value is -1.38. The summed E-state index contributed by atoms with van der Waals surface area (Å²) in [5.41, 5.74) is 1.37. The molecule has 1 aliphatic heterocycles. The van der Waals surface area contributed by atoms with E-state index >= 15 is 0 Å². The predicted octanol–water partition coefficient (Wildman–Crippen LogP) is 2.42. The van der Waals surface area contributed by atoms with E-state index in [4.69, 9.17) is 4.74 Å². The molecule has 96 valence electrons. The van der Waals surface area contributed by atoms with Crippen molar-refractivity contribution in [3.8, 4) is 0 Å². The molecule has 18 heavy (non-hydrogen) atoms. The van der Waals surface area contributed by atoms with Gasteiger partial charge in [0.1, 0.15) is 6.10 Å². The predicted molar refractivity (Wildman–Crippen MR) is 66.7 cm³/mol. The van der Waals surface area contributed by atoms with Crippen molar-refractivity contribution in [2.75, 3.05) is 0 Å². The average molecular weight is 246 g/mol. The van der Waals surface area contributed by atoms with E-state index in [1.165, 1.54) is 0 Å². The highest BCUT2D eigenvalue weighted by molar-refractivity contribution is 6.09. The molecule has 3 rings (SSSR count). The highest BCUT2D eigenvalue weighted by Gasteiger charge is 2.56. The molecule has 0 saturated carbocycles. The first kappa shape index (κ1) is 11.7. The van der Waals surface area contributed by atoms with Gasteiger partial charge in [0.25, 0.3) is 0 Å². The largest absolute Gasteiger partial charge is 0.461 e. The van der Waals surface area contributed by atoms with Gasteiger partial charge in [-0.15, -0.1) is 0 Å². The Morgan fingerprint density at radius 1 is 1.33 bits per heavy atom. The number of hydrogen-bond donors (Lipinski definition) is 0. The van der Waals surface area contributed by atoms with Gasteiger partial charge in [-0.25, -0.2) is 0 Å². The molecule has 1 fully saturated rings. The fraction of sp³-hybridized carbons (Fsp3) is 0.600. The number of carbonyl (C=O) groups excluding carboxylic acids is 2. The molecule has 1 heterocycles. The summed E-state index contributed by atoms with van der Waals surface area (Å²) < 4.78 is 5.54. The topological polar surface area (TPSA) is 43.4 Å². The molecule has 3 aliphatic rings. The van der Waals surface area contributed by atoms with Gasteiger partial charge in [0, 0.05) is 16.9 Å². The van der Waals surface area contributed by atoms with Crippen molar-refractivity contribution in [2.45, 2.75) is 39.7 Å². The lowest BCUT2D eigenvalue weighted by molar-refractivity contribution is -0.146. The molecule has 2 aliphatic carbocycles. The molecule has 3 heteroatoms. The molecule has 0 spiro atoms. The van der Waals surface area contributed by atoms with E-state index < -0.39 is 0 Å². The van der Waals surface area contributed by atoms with E-state index in [9.17, 15) is 9.59 Å². The second-order valence-electron chi connectivity index (χ2n) is 6.20. The first-order valence-electron chi connectivity index (χ1n) is 6.56. The molecule has 3 nitrogen and oxygen atoms in total. The van der Waals surface area contributed by atoms with Crippen molar-refractivity contribution in [2.24, 2.45) is 17.3 Å². The first-order valence-corrected chi connectivity index (χ1v) is 6.56. The van der Waals surface area contributed by atoms with E-state index in [1.54, 1.807) is 0 Å². The smallest absolute Gasteiger partial charge is 0.310 e. The van der Waals surface area contributed by atoms with Gasteiger partial charge in [-0.3, -0.25) is 9.59 Å². The van der Waals surface area contributed by atoms with Crippen molar-refractivity contribution >= 4 is 11.8 Å². The van der Waals surface area contributed by atoms with Crippen LogP contribution in [0.25, 0.3) is 0 Å². The van der Waals surface area contributed by atoms with Crippen LogP contribution >= 0.6 is 0 Å². The van der Waals surface area contributed by atoms with Gasteiger partial charge in [0.2, 0.25) is 0 Å². The van der Waals surface area contributed by atoms with Crippen LogP contribution in [0.3, 0.4) is 0 Å². The van der Waals surface area contributed by atoms with E-state index in [0.717, 1.165) is 24.0 Å². The summed E-state index contributed by atoms with van der Waals surface area (Å²) in [5.74, 6) is -0.178. The average Bonchev–Trinajstić information content (AvgIpc) is 2.73. The number of ether oxygens (including phenoxy) is 1. The summed E-state index contributed by atoms with van der Waals surface area (Å²) in [5, 5.41) is 0. The third-order valence-corrected chi connectivity index (χ3v) is 4.47. The molecule has 3 unspecified atom stereocenters. The van der Waals surface area contributed by atoms with Gasteiger partial charge in [0.05, 0.1) is 5.92 Å². The molecular weight excluding hydrogens is 228 g/mol. The fourth-order valence-corrected chi connectivity index (χ4v) is 3.53. The first-order chi connectivity index (χ1) is 8.42. The van der Waals surface area contributed by atoms with Gasteiger partial charge >= 0.3 is 5.97 Å². The quantitative estimate of drug-likeness (QED) is 0.616. The van der Waals surface area contributed by atoms with Crippen LogP contribution in [0.1, 0.15) is 33.6 Å². The molecule has 0 aromatic heterocycles. The normalized spacial score (nSPS) is 40.3. The lowest BCUT2D eigenvalue weighted by Crippen LogP contribution is -2.30. The zero-order chi connectivity index (χ0) is 13.1. The van der Waals surface area contributed by atoms with Crippen LogP contribution in [0.2, 0.25) is 0 Å². The van der Waals surface area contributed by atoms with Crippen LogP contribution in [0, 0.1) is 17.3 Å². The van der Waals surface area contributed by atoms with Gasteiger partial charge < -0.3 is 4.74 Å². The Balaban J connectivity index is 2.12. The standard InChI is InChI=1S/C15H18O3/c1-8-5-4-6-9-11-10(12(8)16)7-15(2,3)13(11)18-14(9)17/h5,7,9,11,13H,4,6H2,1-3H3/b8-5-. The maximum Gasteiger partial charge on any atom is 0.310 e. The van der Waals surface area contributed by atoms with E-state index in [-0.39, 0.29) is 35.1 Å². The van der Waals surface area contributed by atoms with Crippen LogP contribution in [-0.4, -0.2) is 17.9 Å². The maximum absolute atomic E-state index is 12.4. The Morgan fingerprint density at radius 2 is 2.06 bits per heavy atom.